The number of hydrogen-bond donors (Lipinski definition) is 1. The topological polar surface area (TPSA) is 64.0 Å². The van der Waals surface area contributed by atoms with Crippen molar-refractivity contribution in [2.45, 2.75) is 13.5 Å². The third kappa shape index (κ3) is 3.04. The number of nitrogens with one attached hydrogen (secondary N) is 1. The van der Waals surface area contributed by atoms with E-state index in [0.717, 1.165) is 11.3 Å². The van der Waals surface area contributed by atoms with Crippen LogP contribution in [0.25, 0.3) is 0 Å². The molecule has 1 aromatic carbocycles. The monoisotopic (exact) mass is 243 g/mol. The first-order valence-corrected chi connectivity index (χ1v) is 5.52. The van der Waals surface area contributed by atoms with Crippen LogP contribution in [0.15, 0.2) is 47.7 Å². The summed E-state index contributed by atoms with van der Waals surface area (Å²) in [5.41, 5.74) is 1.53. The van der Waals surface area contributed by atoms with Gasteiger partial charge in [0.2, 0.25) is 5.91 Å². The van der Waals surface area contributed by atoms with E-state index in [-0.39, 0.29) is 18.0 Å². The highest BCUT2D eigenvalue weighted by Gasteiger charge is 2.04. The van der Waals surface area contributed by atoms with E-state index in [9.17, 15) is 9.59 Å². The van der Waals surface area contributed by atoms with Gasteiger partial charge in [-0.1, -0.05) is 12.1 Å². The van der Waals surface area contributed by atoms with Crippen LogP contribution in [-0.2, 0) is 11.3 Å². The van der Waals surface area contributed by atoms with Crippen molar-refractivity contribution >= 4 is 11.6 Å². The molecule has 1 amide bonds. The Morgan fingerprint density at radius 1 is 1.39 bits per heavy atom. The number of amides is 1. The second kappa shape index (κ2) is 5.27. The summed E-state index contributed by atoms with van der Waals surface area (Å²) < 4.78 is 1.26. The van der Waals surface area contributed by atoms with Crippen LogP contribution in [-0.4, -0.2) is 15.5 Å². The van der Waals surface area contributed by atoms with E-state index in [2.05, 4.69) is 10.3 Å². The first-order valence-electron chi connectivity index (χ1n) is 5.52. The Hall–Kier alpha value is -2.43. The highest BCUT2D eigenvalue weighted by atomic mass is 16.2. The fraction of sp³-hybridized carbons (Fsp3) is 0.154. The van der Waals surface area contributed by atoms with Gasteiger partial charge in [0.1, 0.15) is 6.54 Å². The predicted octanol–water partition coefficient (Wildman–Crippen LogP) is 1.19. The molecule has 1 aromatic heterocycles. The van der Waals surface area contributed by atoms with Crippen molar-refractivity contribution in [3.8, 4) is 0 Å². The maximum atomic E-state index is 11.7. The van der Waals surface area contributed by atoms with E-state index in [1.54, 1.807) is 6.07 Å². The number of benzene rings is 1. The molecule has 18 heavy (non-hydrogen) atoms. The van der Waals surface area contributed by atoms with Crippen molar-refractivity contribution in [2.75, 3.05) is 5.32 Å². The summed E-state index contributed by atoms with van der Waals surface area (Å²) in [6, 6.07) is 8.79. The summed E-state index contributed by atoms with van der Waals surface area (Å²) in [6.45, 7) is 1.90. The Morgan fingerprint density at radius 2 is 2.22 bits per heavy atom. The smallest absolute Gasteiger partial charge is 0.253 e. The Labute approximate surface area is 104 Å². The number of aromatic nitrogens is 2. The lowest BCUT2D eigenvalue weighted by molar-refractivity contribution is -0.116. The molecule has 0 aliphatic carbocycles. The van der Waals surface area contributed by atoms with Gasteiger partial charge < -0.3 is 5.32 Å². The summed E-state index contributed by atoms with van der Waals surface area (Å²) in [5, 5.41) is 2.73. The van der Waals surface area contributed by atoms with E-state index >= 15 is 0 Å². The zero-order valence-corrected chi connectivity index (χ0v) is 9.96. The highest BCUT2D eigenvalue weighted by molar-refractivity contribution is 5.90. The molecular formula is C13H13N3O2. The Balaban J connectivity index is 2.06. The number of nitrogens with zero attached hydrogens (tertiary/aromatic N) is 2. The molecule has 0 saturated heterocycles. The van der Waals surface area contributed by atoms with Crippen LogP contribution in [0.2, 0.25) is 0 Å². The standard InChI is InChI=1S/C13H13N3O2/c1-10-3-2-4-11(7-10)15-12(17)8-16-9-14-6-5-13(16)18/h2-7,9H,8H2,1H3,(H,15,17). The maximum absolute atomic E-state index is 11.7. The quantitative estimate of drug-likeness (QED) is 0.880. The molecule has 1 heterocycles. The van der Waals surface area contributed by atoms with Gasteiger partial charge in [0.15, 0.2) is 0 Å². The molecule has 0 radical (unpaired) electrons. The van der Waals surface area contributed by atoms with Gasteiger partial charge in [-0.3, -0.25) is 14.2 Å². The molecule has 0 aliphatic heterocycles. The van der Waals surface area contributed by atoms with Crippen LogP contribution in [0.1, 0.15) is 5.56 Å². The van der Waals surface area contributed by atoms with Gasteiger partial charge in [-0.05, 0) is 24.6 Å². The van der Waals surface area contributed by atoms with Crippen LogP contribution in [0, 0.1) is 6.92 Å². The zero-order chi connectivity index (χ0) is 13.0. The summed E-state index contributed by atoms with van der Waals surface area (Å²) >= 11 is 0. The Kier molecular flexibility index (Phi) is 3.52. The number of rotatable bonds is 3. The Bertz CT molecular complexity index is 619. The van der Waals surface area contributed by atoms with Crippen molar-refractivity contribution in [1.82, 2.24) is 9.55 Å². The van der Waals surface area contributed by atoms with Gasteiger partial charge in [0.05, 0.1) is 6.33 Å². The van der Waals surface area contributed by atoms with Crippen molar-refractivity contribution in [3.63, 3.8) is 0 Å². The molecular weight excluding hydrogens is 230 g/mol. The average molecular weight is 243 g/mol. The largest absolute Gasteiger partial charge is 0.325 e. The average Bonchev–Trinajstić information content (AvgIpc) is 2.32. The highest BCUT2D eigenvalue weighted by Crippen LogP contribution is 2.09. The van der Waals surface area contributed by atoms with Gasteiger partial charge in [0.25, 0.3) is 5.56 Å². The van der Waals surface area contributed by atoms with E-state index in [0.29, 0.717) is 0 Å². The fourth-order valence-electron chi connectivity index (χ4n) is 1.58. The summed E-state index contributed by atoms with van der Waals surface area (Å²) in [5.74, 6) is -0.254. The van der Waals surface area contributed by atoms with Crippen molar-refractivity contribution < 1.29 is 4.79 Å². The van der Waals surface area contributed by atoms with Crippen LogP contribution in [0.4, 0.5) is 5.69 Å². The Morgan fingerprint density at radius 3 is 2.94 bits per heavy atom. The fourth-order valence-corrected chi connectivity index (χ4v) is 1.58. The van der Waals surface area contributed by atoms with E-state index in [4.69, 9.17) is 0 Å². The molecule has 0 saturated carbocycles. The molecule has 2 aromatic rings. The van der Waals surface area contributed by atoms with Crippen LogP contribution in [0.5, 0.6) is 0 Å². The lowest BCUT2D eigenvalue weighted by Gasteiger charge is -2.07. The van der Waals surface area contributed by atoms with Gasteiger partial charge in [-0.25, -0.2) is 4.98 Å². The zero-order valence-electron chi connectivity index (χ0n) is 9.96. The number of carbonyl (C=O) groups is 1. The normalized spacial score (nSPS) is 10.1. The van der Waals surface area contributed by atoms with Crippen molar-refractivity contribution in [1.29, 1.82) is 0 Å². The SMILES string of the molecule is Cc1cccc(NC(=O)Cn2cnccc2=O)c1. The van der Waals surface area contributed by atoms with Crippen LogP contribution >= 0.6 is 0 Å². The second-order valence-corrected chi connectivity index (χ2v) is 3.96. The van der Waals surface area contributed by atoms with Crippen LogP contribution in [0.3, 0.4) is 0 Å². The number of anilines is 1. The predicted molar refractivity (Wildman–Crippen MR) is 68.3 cm³/mol. The lowest BCUT2D eigenvalue weighted by Crippen LogP contribution is -2.26. The summed E-state index contributed by atoms with van der Waals surface area (Å²) in [4.78, 5) is 27.0. The third-order valence-electron chi connectivity index (χ3n) is 2.41. The van der Waals surface area contributed by atoms with Crippen molar-refractivity contribution in [3.05, 3.63) is 58.8 Å². The van der Waals surface area contributed by atoms with E-state index in [1.807, 2.05) is 25.1 Å². The molecule has 0 atom stereocenters. The first kappa shape index (κ1) is 12.0. The minimum Gasteiger partial charge on any atom is -0.325 e. The lowest BCUT2D eigenvalue weighted by atomic mass is 10.2. The van der Waals surface area contributed by atoms with Gasteiger partial charge in [-0.15, -0.1) is 0 Å². The summed E-state index contributed by atoms with van der Waals surface area (Å²) in [6.07, 6.45) is 2.75. The molecule has 0 aliphatic rings. The minimum atomic E-state index is -0.254. The van der Waals surface area contributed by atoms with Crippen LogP contribution < -0.4 is 10.9 Å². The molecule has 0 unspecified atom stereocenters. The van der Waals surface area contributed by atoms with Gasteiger partial charge >= 0.3 is 0 Å². The molecule has 92 valence electrons. The third-order valence-corrected chi connectivity index (χ3v) is 2.41. The molecule has 0 spiro atoms. The minimum absolute atomic E-state index is 0.0411. The van der Waals surface area contributed by atoms with Gasteiger partial charge in [-0.2, -0.15) is 0 Å². The molecule has 0 fully saturated rings. The van der Waals surface area contributed by atoms with E-state index < -0.39 is 0 Å². The molecule has 0 bridgehead atoms. The first-order chi connectivity index (χ1) is 8.65. The molecule has 5 heteroatoms. The molecule has 1 N–H and O–H groups in total. The second-order valence-electron chi connectivity index (χ2n) is 3.96. The molecule has 5 nitrogen and oxygen atoms in total. The molecule has 2 rings (SSSR count). The van der Waals surface area contributed by atoms with Gasteiger partial charge in [0, 0.05) is 18.0 Å². The summed E-state index contributed by atoms with van der Waals surface area (Å²) in [7, 11) is 0. The number of carbonyl (C=O) groups excluding carboxylic acids is 1. The number of aryl methyl sites for hydroxylation is 1. The maximum Gasteiger partial charge on any atom is 0.253 e. The van der Waals surface area contributed by atoms with E-state index in [1.165, 1.54) is 23.2 Å². The number of hydrogen-bond acceptors (Lipinski definition) is 3. The van der Waals surface area contributed by atoms with Crippen molar-refractivity contribution in [2.24, 2.45) is 0 Å².